The summed E-state index contributed by atoms with van der Waals surface area (Å²) in [5.41, 5.74) is 7.50. The Morgan fingerprint density at radius 3 is 2.55 bits per heavy atom. The van der Waals surface area contributed by atoms with Gasteiger partial charge in [0, 0.05) is 17.5 Å². The van der Waals surface area contributed by atoms with Gasteiger partial charge in [0.25, 0.3) is 0 Å². The van der Waals surface area contributed by atoms with E-state index in [0.717, 1.165) is 36.6 Å². The van der Waals surface area contributed by atoms with Crippen LogP contribution >= 0.6 is 0 Å². The molecule has 0 spiro atoms. The topological polar surface area (TPSA) is 56.0 Å². The Balaban J connectivity index is 1.63. The molecule has 4 rings (SSSR count). The van der Waals surface area contributed by atoms with E-state index < -0.39 is 0 Å². The van der Waals surface area contributed by atoms with Crippen LogP contribution in [0.3, 0.4) is 0 Å². The number of hydrogen-bond acceptors (Lipinski definition) is 2. The number of primary amides is 1. The number of carbonyl (C=O) groups excluding carboxylic acids is 1. The van der Waals surface area contributed by atoms with Gasteiger partial charge in [0.05, 0.1) is 5.52 Å². The third-order valence-corrected chi connectivity index (χ3v) is 5.60. The number of nitrogens with two attached hydrogens (primary N) is 1. The molecule has 2 fully saturated rings. The third-order valence-electron chi connectivity index (χ3n) is 5.60. The SMILES string of the molecule is NC(=O)[C@H]1CC2CC(c3ccnc4ccc(F)cc34)C[C@H]2C1. The van der Waals surface area contributed by atoms with Crippen molar-refractivity contribution in [2.45, 2.75) is 31.6 Å². The summed E-state index contributed by atoms with van der Waals surface area (Å²) in [5.74, 6) is 1.30. The van der Waals surface area contributed by atoms with Crippen LogP contribution in [0.15, 0.2) is 30.5 Å². The van der Waals surface area contributed by atoms with Crippen LogP contribution in [0.1, 0.15) is 37.2 Å². The maximum atomic E-state index is 13.6. The second-order valence-electron chi connectivity index (χ2n) is 6.82. The van der Waals surface area contributed by atoms with Gasteiger partial charge in [0.2, 0.25) is 5.91 Å². The van der Waals surface area contributed by atoms with E-state index in [9.17, 15) is 9.18 Å². The molecule has 2 aliphatic rings. The number of aromatic nitrogens is 1. The van der Waals surface area contributed by atoms with Crippen LogP contribution in [0.5, 0.6) is 0 Å². The molecule has 4 atom stereocenters. The molecule has 22 heavy (non-hydrogen) atoms. The van der Waals surface area contributed by atoms with Gasteiger partial charge in [0.15, 0.2) is 0 Å². The standard InChI is InChI=1S/C18H19FN2O/c19-14-1-2-17-16(9-14)15(3-4-21-17)12-5-10-7-13(18(20)22)8-11(10)6-12/h1-4,9-13H,5-8H2,(H2,20,22)/t10-,11?,12?,13+/m0/s1. The molecule has 2 saturated carbocycles. The second-order valence-corrected chi connectivity index (χ2v) is 6.82. The van der Waals surface area contributed by atoms with Gasteiger partial charge < -0.3 is 5.73 Å². The number of hydrogen-bond donors (Lipinski definition) is 1. The summed E-state index contributed by atoms with van der Waals surface area (Å²) in [6, 6.07) is 6.82. The molecule has 2 N–H and O–H groups in total. The van der Waals surface area contributed by atoms with Crippen LogP contribution in [-0.2, 0) is 4.79 Å². The Morgan fingerprint density at radius 2 is 1.86 bits per heavy atom. The average molecular weight is 298 g/mol. The molecule has 0 bridgehead atoms. The number of halogens is 1. The van der Waals surface area contributed by atoms with Gasteiger partial charge in [-0.25, -0.2) is 4.39 Å². The quantitative estimate of drug-likeness (QED) is 0.924. The number of fused-ring (bicyclic) bond motifs is 2. The van der Waals surface area contributed by atoms with Gasteiger partial charge in [-0.1, -0.05) is 0 Å². The summed E-state index contributed by atoms with van der Waals surface area (Å²) < 4.78 is 13.6. The van der Waals surface area contributed by atoms with Gasteiger partial charge in [-0.3, -0.25) is 9.78 Å². The smallest absolute Gasteiger partial charge is 0.220 e. The highest BCUT2D eigenvalue weighted by Gasteiger charge is 2.43. The molecule has 2 aromatic rings. The molecule has 2 unspecified atom stereocenters. The highest BCUT2D eigenvalue weighted by molar-refractivity contribution is 5.82. The van der Waals surface area contributed by atoms with Gasteiger partial charge in [-0.05, 0) is 73.3 Å². The number of nitrogens with zero attached hydrogens (tertiary/aromatic N) is 1. The van der Waals surface area contributed by atoms with Crippen LogP contribution in [-0.4, -0.2) is 10.9 Å². The molecule has 0 radical (unpaired) electrons. The highest BCUT2D eigenvalue weighted by atomic mass is 19.1. The molecule has 1 heterocycles. The van der Waals surface area contributed by atoms with Crippen molar-refractivity contribution < 1.29 is 9.18 Å². The summed E-state index contributed by atoms with van der Waals surface area (Å²) in [5, 5.41) is 0.930. The van der Waals surface area contributed by atoms with Gasteiger partial charge >= 0.3 is 0 Å². The number of carbonyl (C=O) groups is 1. The van der Waals surface area contributed by atoms with Gasteiger partial charge in [0.1, 0.15) is 5.82 Å². The fraction of sp³-hybridized carbons (Fsp3) is 0.444. The maximum Gasteiger partial charge on any atom is 0.220 e. The normalized spacial score (nSPS) is 30.6. The first-order valence-corrected chi connectivity index (χ1v) is 7.95. The van der Waals surface area contributed by atoms with Gasteiger partial charge in [-0.2, -0.15) is 0 Å². The second kappa shape index (κ2) is 5.04. The van der Waals surface area contributed by atoms with E-state index in [-0.39, 0.29) is 17.6 Å². The first-order valence-electron chi connectivity index (χ1n) is 7.95. The van der Waals surface area contributed by atoms with Crippen molar-refractivity contribution in [3.8, 4) is 0 Å². The van der Waals surface area contributed by atoms with E-state index in [1.54, 1.807) is 12.1 Å². The third kappa shape index (κ3) is 2.18. The average Bonchev–Trinajstić information content (AvgIpc) is 3.05. The Bertz CT molecular complexity index is 731. The Morgan fingerprint density at radius 1 is 1.14 bits per heavy atom. The minimum Gasteiger partial charge on any atom is -0.369 e. The first-order chi connectivity index (χ1) is 10.6. The molecule has 1 amide bonds. The van der Waals surface area contributed by atoms with E-state index >= 15 is 0 Å². The van der Waals surface area contributed by atoms with Crippen LogP contribution in [0, 0.1) is 23.6 Å². The fourth-order valence-corrected chi connectivity index (χ4v) is 4.60. The number of amides is 1. The first kappa shape index (κ1) is 13.7. The van der Waals surface area contributed by atoms with Crippen molar-refractivity contribution >= 4 is 16.8 Å². The van der Waals surface area contributed by atoms with E-state index in [1.165, 1.54) is 11.6 Å². The lowest BCUT2D eigenvalue weighted by Gasteiger charge is -2.15. The lowest BCUT2D eigenvalue weighted by molar-refractivity contribution is -0.121. The monoisotopic (exact) mass is 298 g/mol. The fourth-order valence-electron chi connectivity index (χ4n) is 4.60. The van der Waals surface area contributed by atoms with Crippen molar-refractivity contribution in [1.82, 2.24) is 4.98 Å². The summed E-state index contributed by atoms with van der Waals surface area (Å²) in [4.78, 5) is 15.7. The Labute approximate surface area is 128 Å². The summed E-state index contributed by atoms with van der Waals surface area (Å²) in [6.45, 7) is 0. The molecule has 0 saturated heterocycles. The van der Waals surface area contributed by atoms with Crippen molar-refractivity contribution in [2.75, 3.05) is 0 Å². The molecule has 2 aliphatic carbocycles. The number of rotatable bonds is 2. The van der Waals surface area contributed by atoms with Crippen molar-refractivity contribution in [1.29, 1.82) is 0 Å². The summed E-state index contributed by atoms with van der Waals surface area (Å²) in [7, 11) is 0. The van der Waals surface area contributed by atoms with Crippen molar-refractivity contribution in [3.63, 3.8) is 0 Å². The predicted molar refractivity (Wildman–Crippen MR) is 82.6 cm³/mol. The van der Waals surface area contributed by atoms with E-state index in [1.807, 2.05) is 12.3 Å². The van der Waals surface area contributed by atoms with Crippen LogP contribution in [0.4, 0.5) is 4.39 Å². The zero-order valence-electron chi connectivity index (χ0n) is 12.3. The van der Waals surface area contributed by atoms with E-state index in [0.29, 0.717) is 17.8 Å². The van der Waals surface area contributed by atoms with Crippen LogP contribution < -0.4 is 5.73 Å². The number of pyridine rings is 1. The maximum absolute atomic E-state index is 13.6. The number of benzene rings is 1. The molecule has 4 heteroatoms. The predicted octanol–water partition coefficient (Wildman–Crippen LogP) is 3.38. The molecule has 1 aromatic heterocycles. The minimum atomic E-state index is -0.214. The van der Waals surface area contributed by atoms with Crippen LogP contribution in [0.2, 0.25) is 0 Å². The lowest BCUT2D eigenvalue weighted by Crippen LogP contribution is -2.21. The summed E-state index contributed by atoms with van der Waals surface area (Å²) in [6.07, 6.45) is 5.81. The molecule has 3 nitrogen and oxygen atoms in total. The van der Waals surface area contributed by atoms with Crippen LogP contribution in [0.25, 0.3) is 10.9 Å². The molecular weight excluding hydrogens is 279 g/mol. The lowest BCUT2D eigenvalue weighted by atomic mass is 9.90. The molecule has 114 valence electrons. The zero-order chi connectivity index (χ0) is 15.3. The zero-order valence-corrected chi connectivity index (χ0v) is 12.3. The van der Waals surface area contributed by atoms with Crippen molar-refractivity contribution in [2.24, 2.45) is 23.5 Å². The molecule has 0 aliphatic heterocycles. The van der Waals surface area contributed by atoms with E-state index in [4.69, 9.17) is 5.73 Å². The largest absolute Gasteiger partial charge is 0.369 e. The van der Waals surface area contributed by atoms with Crippen molar-refractivity contribution in [3.05, 3.63) is 41.8 Å². The molecule has 1 aromatic carbocycles. The van der Waals surface area contributed by atoms with Gasteiger partial charge in [-0.15, -0.1) is 0 Å². The molecular formula is C18H19FN2O. The Kier molecular flexibility index (Phi) is 3.13. The highest BCUT2D eigenvalue weighted by Crippen LogP contribution is 2.53. The summed E-state index contributed by atoms with van der Waals surface area (Å²) >= 11 is 0. The van der Waals surface area contributed by atoms with E-state index in [2.05, 4.69) is 4.98 Å². The minimum absolute atomic E-state index is 0.0579. The Hall–Kier alpha value is -1.97.